The van der Waals surface area contributed by atoms with Crippen molar-refractivity contribution in [1.82, 2.24) is 15.5 Å². The fourth-order valence-electron chi connectivity index (χ4n) is 3.24. The second-order valence-electron chi connectivity index (χ2n) is 6.80. The molecular formula is C19H25N3O2S. The Kier molecular flexibility index (Phi) is 5.39. The van der Waals surface area contributed by atoms with E-state index in [1.165, 1.54) is 5.56 Å². The Labute approximate surface area is 154 Å². The highest BCUT2D eigenvalue weighted by molar-refractivity contribution is 7.80. The number of amides is 1. The maximum Gasteiger partial charge on any atom is 0.254 e. The first kappa shape index (κ1) is 17.9. The van der Waals surface area contributed by atoms with Crippen LogP contribution in [0.2, 0.25) is 0 Å². The predicted molar refractivity (Wildman–Crippen MR) is 102 cm³/mol. The Morgan fingerprint density at radius 2 is 1.88 bits per heavy atom. The van der Waals surface area contributed by atoms with E-state index in [0.29, 0.717) is 37.3 Å². The van der Waals surface area contributed by atoms with E-state index in [0.717, 1.165) is 16.8 Å². The summed E-state index contributed by atoms with van der Waals surface area (Å²) in [4.78, 5) is 15.0. The first-order valence-corrected chi connectivity index (χ1v) is 9.13. The largest absolute Gasteiger partial charge is 0.378 e. The van der Waals surface area contributed by atoms with Crippen LogP contribution in [0, 0.1) is 0 Å². The highest BCUT2D eigenvalue weighted by Crippen LogP contribution is 2.29. The van der Waals surface area contributed by atoms with E-state index in [1.807, 2.05) is 11.8 Å². The summed E-state index contributed by atoms with van der Waals surface area (Å²) < 4.78 is 5.37. The number of nitrogens with one attached hydrogen (secondary N) is 2. The number of thiocarbonyl (C=S) groups is 1. The molecule has 2 aliphatic rings. The number of hydrogen-bond donors (Lipinski definition) is 2. The third-order valence-electron chi connectivity index (χ3n) is 4.73. The zero-order valence-electron chi connectivity index (χ0n) is 15.0. The van der Waals surface area contributed by atoms with E-state index in [4.69, 9.17) is 17.0 Å². The number of benzene rings is 1. The normalized spacial score (nSPS) is 21.2. The number of rotatable bonds is 3. The third-order valence-corrected chi connectivity index (χ3v) is 4.95. The third kappa shape index (κ3) is 3.85. The molecule has 0 saturated carbocycles. The lowest BCUT2D eigenvalue weighted by Gasteiger charge is -2.35. The van der Waals surface area contributed by atoms with Crippen LogP contribution in [0.15, 0.2) is 35.5 Å². The SMILES string of the molecule is CC1=C(C(=O)N2CCOCC2)C(c2ccc(C(C)C)cc2)NC(=S)N1. The Bertz CT molecular complexity index is 691. The summed E-state index contributed by atoms with van der Waals surface area (Å²) in [6.07, 6.45) is 0. The molecule has 1 aromatic carbocycles. The van der Waals surface area contributed by atoms with Crippen LogP contribution in [0.5, 0.6) is 0 Å². The van der Waals surface area contributed by atoms with Crippen LogP contribution in [0.4, 0.5) is 0 Å². The molecule has 1 unspecified atom stereocenters. The van der Waals surface area contributed by atoms with E-state index >= 15 is 0 Å². The van der Waals surface area contributed by atoms with Gasteiger partial charge in [0, 0.05) is 18.8 Å². The van der Waals surface area contributed by atoms with Crippen LogP contribution < -0.4 is 10.6 Å². The number of ether oxygens (including phenoxy) is 1. The van der Waals surface area contributed by atoms with Crippen molar-refractivity contribution in [2.45, 2.75) is 32.7 Å². The van der Waals surface area contributed by atoms with Gasteiger partial charge < -0.3 is 20.3 Å². The van der Waals surface area contributed by atoms with Crippen molar-refractivity contribution in [2.75, 3.05) is 26.3 Å². The van der Waals surface area contributed by atoms with Gasteiger partial charge in [-0.05, 0) is 36.2 Å². The van der Waals surface area contributed by atoms with Gasteiger partial charge in [0.15, 0.2) is 5.11 Å². The van der Waals surface area contributed by atoms with Gasteiger partial charge in [-0.1, -0.05) is 38.1 Å². The molecule has 1 fully saturated rings. The molecule has 2 heterocycles. The summed E-state index contributed by atoms with van der Waals surface area (Å²) >= 11 is 5.32. The Morgan fingerprint density at radius 3 is 2.48 bits per heavy atom. The fourth-order valence-corrected chi connectivity index (χ4v) is 3.51. The van der Waals surface area contributed by atoms with E-state index < -0.39 is 0 Å². The van der Waals surface area contributed by atoms with Crippen molar-refractivity contribution >= 4 is 23.2 Å². The number of hydrogen-bond acceptors (Lipinski definition) is 3. The number of allylic oxidation sites excluding steroid dienone is 1. The Balaban J connectivity index is 1.93. The molecule has 5 nitrogen and oxygen atoms in total. The number of carbonyl (C=O) groups excluding carboxylic acids is 1. The molecule has 0 aliphatic carbocycles. The minimum atomic E-state index is -0.231. The van der Waals surface area contributed by atoms with Gasteiger partial charge in [-0.25, -0.2) is 0 Å². The van der Waals surface area contributed by atoms with Crippen LogP contribution in [0.25, 0.3) is 0 Å². The van der Waals surface area contributed by atoms with Crippen molar-refractivity contribution in [1.29, 1.82) is 0 Å². The van der Waals surface area contributed by atoms with Gasteiger partial charge >= 0.3 is 0 Å². The molecule has 0 spiro atoms. The average molecular weight is 359 g/mol. The molecule has 2 aliphatic heterocycles. The second-order valence-corrected chi connectivity index (χ2v) is 7.20. The minimum Gasteiger partial charge on any atom is -0.378 e. The molecular weight excluding hydrogens is 334 g/mol. The molecule has 6 heteroatoms. The average Bonchev–Trinajstić information content (AvgIpc) is 2.61. The molecule has 25 heavy (non-hydrogen) atoms. The molecule has 1 amide bonds. The van der Waals surface area contributed by atoms with E-state index in [-0.39, 0.29) is 11.9 Å². The lowest BCUT2D eigenvalue weighted by atomic mass is 9.92. The van der Waals surface area contributed by atoms with Gasteiger partial charge in [-0.3, -0.25) is 4.79 Å². The summed E-state index contributed by atoms with van der Waals surface area (Å²) in [6, 6.07) is 8.18. The minimum absolute atomic E-state index is 0.0428. The van der Waals surface area contributed by atoms with Gasteiger partial charge in [0.25, 0.3) is 5.91 Å². The first-order chi connectivity index (χ1) is 12.0. The molecule has 0 radical (unpaired) electrons. The fraction of sp³-hybridized carbons (Fsp3) is 0.474. The number of morpholine rings is 1. The molecule has 3 rings (SSSR count). The van der Waals surface area contributed by atoms with Crippen molar-refractivity contribution < 1.29 is 9.53 Å². The van der Waals surface area contributed by atoms with Crippen LogP contribution >= 0.6 is 12.2 Å². The van der Waals surface area contributed by atoms with Crippen LogP contribution in [-0.2, 0) is 9.53 Å². The van der Waals surface area contributed by atoms with E-state index in [1.54, 1.807) is 0 Å². The number of nitrogens with zero attached hydrogens (tertiary/aromatic N) is 1. The zero-order chi connectivity index (χ0) is 18.0. The van der Waals surface area contributed by atoms with Crippen LogP contribution in [-0.4, -0.2) is 42.2 Å². The second kappa shape index (κ2) is 7.54. The summed E-state index contributed by atoms with van der Waals surface area (Å²) in [7, 11) is 0. The first-order valence-electron chi connectivity index (χ1n) is 8.72. The van der Waals surface area contributed by atoms with Gasteiger partial charge in [0.05, 0.1) is 24.8 Å². The summed E-state index contributed by atoms with van der Waals surface area (Å²) in [5.41, 5.74) is 3.87. The lowest BCUT2D eigenvalue weighted by Crippen LogP contribution is -2.49. The molecule has 134 valence electrons. The highest BCUT2D eigenvalue weighted by Gasteiger charge is 2.33. The predicted octanol–water partition coefficient (Wildman–Crippen LogP) is 2.46. The van der Waals surface area contributed by atoms with Crippen molar-refractivity contribution in [3.63, 3.8) is 0 Å². The smallest absolute Gasteiger partial charge is 0.254 e. The van der Waals surface area contributed by atoms with Crippen molar-refractivity contribution in [2.24, 2.45) is 0 Å². The zero-order valence-corrected chi connectivity index (χ0v) is 15.8. The maximum absolute atomic E-state index is 13.1. The van der Waals surface area contributed by atoms with Gasteiger partial charge in [0.1, 0.15) is 0 Å². The molecule has 1 aromatic rings. The topological polar surface area (TPSA) is 53.6 Å². The monoisotopic (exact) mass is 359 g/mol. The Morgan fingerprint density at radius 1 is 1.24 bits per heavy atom. The van der Waals surface area contributed by atoms with Crippen LogP contribution in [0.3, 0.4) is 0 Å². The summed E-state index contributed by atoms with van der Waals surface area (Å²) in [6.45, 7) is 8.68. The molecule has 2 N–H and O–H groups in total. The van der Waals surface area contributed by atoms with E-state index in [9.17, 15) is 4.79 Å². The summed E-state index contributed by atoms with van der Waals surface area (Å²) in [5.74, 6) is 0.518. The molecule has 0 bridgehead atoms. The summed E-state index contributed by atoms with van der Waals surface area (Å²) in [5, 5.41) is 6.92. The maximum atomic E-state index is 13.1. The number of carbonyl (C=O) groups is 1. The molecule has 1 atom stereocenters. The van der Waals surface area contributed by atoms with Crippen molar-refractivity contribution in [3.05, 3.63) is 46.7 Å². The molecule has 0 aromatic heterocycles. The standard InChI is InChI=1S/C19H25N3O2S/c1-12(2)14-4-6-15(7-5-14)17-16(13(3)20-19(25)21-17)18(23)22-8-10-24-11-9-22/h4-7,12,17H,8-11H2,1-3H3,(H2,20,21,25). The highest BCUT2D eigenvalue weighted by atomic mass is 32.1. The molecule has 1 saturated heterocycles. The van der Waals surface area contributed by atoms with Gasteiger partial charge in [-0.2, -0.15) is 0 Å². The lowest BCUT2D eigenvalue weighted by molar-refractivity contribution is -0.131. The van der Waals surface area contributed by atoms with Gasteiger partial charge in [0.2, 0.25) is 0 Å². The van der Waals surface area contributed by atoms with Gasteiger partial charge in [-0.15, -0.1) is 0 Å². The van der Waals surface area contributed by atoms with E-state index in [2.05, 4.69) is 48.7 Å². The quantitative estimate of drug-likeness (QED) is 0.812. The van der Waals surface area contributed by atoms with Crippen molar-refractivity contribution in [3.8, 4) is 0 Å². The van der Waals surface area contributed by atoms with Crippen LogP contribution in [0.1, 0.15) is 43.9 Å². The Hall–Kier alpha value is -1.92.